The molecule has 0 unspecified atom stereocenters. The summed E-state index contributed by atoms with van der Waals surface area (Å²) in [6.45, 7) is 3.94. The number of nitrogens with two attached hydrogens (primary N) is 1. The van der Waals surface area contributed by atoms with E-state index in [0.29, 0.717) is 28.4 Å². The highest BCUT2D eigenvalue weighted by atomic mass is 19.4. The molecule has 1 aromatic heterocycles. The SMILES string of the molecule is CC.CNc1nc2ccc(N)cc2n1CC(=O)Nc1ccc(OC(F)(F)F)cc1. The molecule has 0 aliphatic heterocycles. The van der Waals surface area contributed by atoms with E-state index in [9.17, 15) is 18.0 Å². The maximum Gasteiger partial charge on any atom is 0.573 e. The lowest BCUT2D eigenvalue weighted by atomic mass is 10.3. The Morgan fingerprint density at radius 3 is 2.41 bits per heavy atom. The predicted molar refractivity (Wildman–Crippen MR) is 107 cm³/mol. The van der Waals surface area contributed by atoms with Crippen molar-refractivity contribution in [1.82, 2.24) is 9.55 Å². The summed E-state index contributed by atoms with van der Waals surface area (Å²) in [6.07, 6.45) is -4.77. The number of anilines is 3. The van der Waals surface area contributed by atoms with Crippen LogP contribution in [0.4, 0.5) is 30.5 Å². The number of alkyl halides is 3. The van der Waals surface area contributed by atoms with E-state index in [1.807, 2.05) is 13.8 Å². The van der Waals surface area contributed by atoms with Gasteiger partial charge < -0.3 is 25.7 Å². The van der Waals surface area contributed by atoms with Crippen molar-refractivity contribution >= 4 is 34.3 Å². The fourth-order valence-corrected chi connectivity index (χ4v) is 2.57. The minimum atomic E-state index is -4.77. The van der Waals surface area contributed by atoms with Crippen molar-refractivity contribution in [2.24, 2.45) is 0 Å². The van der Waals surface area contributed by atoms with Crippen molar-refractivity contribution in [3.63, 3.8) is 0 Å². The molecular formula is C19H22F3N5O2. The molecule has 0 spiro atoms. The molecule has 0 saturated carbocycles. The van der Waals surface area contributed by atoms with Gasteiger partial charge in [-0.2, -0.15) is 0 Å². The van der Waals surface area contributed by atoms with E-state index in [0.717, 1.165) is 12.1 Å². The number of benzene rings is 2. The van der Waals surface area contributed by atoms with Crippen molar-refractivity contribution in [2.75, 3.05) is 23.4 Å². The Kier molecular flexibility index (Phi) is 6.92. The lowest BCUT2D eigenvalue weighted by Gasteiger charge is -2.11. The van der Waals surface area contributed by atoms with Crippen LogP contribution in [0.15, 0.2) is 42.5 Å². The second-order valence-electron chi connectivity index (χ2n) is 5.64. The number of ether oxygens (including phenoxy) is 1. The third-order valence-corrected chi connectivity index (χ3v) is 3.67. The number of hydrogen-bond acceptors (Lipinski definition) is 5. The average Bonchev–Trinajstić information content (AvgIpc) is 3.00. The molecule has 29 heavy (non-hydrogen) atoms. The first-order valence-corrected chi connectivity index (χ1v) is 8.84. The van der Waals surface area contributed by atoms with Crippen LogP contribution in [0.25, 0.3) is 11.0 Å². The van der Waals surface area contributed by atoms with Gasteiger partial charge >= 0.3 is 6.36 Å². The first kappa shape index (κ1) is 21.9. The van der Waals surface area contributed by atoms with E-state index in [1.165, 1.54) is 12.1 Å². The number of fused-ring (bicyclic) bond motifs is 1. The Morgan fingerprint density at radius 1 is 1.17 bits per heavy atom. The van der Waals surface area contributed by atoms with Gasteiger partial charge in [-0.25, -0.2) is 4.98 Å². The number of nitrogens with zero attached hydrogens (tertiary/aromatic N) is 2. The van der Waals surface area contributed by atoms with E-state index >= 15 is 0 Å². The molecule has 10 heteroatoms. The van der Waals surface area contributed by atoms with E-state index in [2.05, 4.69) is 20.4 Å². The van der Waals surface area contributed by atoms with Crippen LogP contribution in [-0.4, -0.2) is 28.9 Å². The molecule has 4 N–H and O–H groups in total. The molecule has 156 valence electrons. The van der Waals surface area contributed by atoms with Gasteiger partial charge in [0.1, 0.15) is 12.3 Å². The fourth-order valence-electron chi connectivity index (χ4n) is 2.57. The molecule has 7 nitrogen and oxygen atoms in total. The quantitative estimate of drug-likeness (QED) is 0.549. The molecule has 0 saturated heterocycles. The number of nitrogens with one attached hydrogen (secondary N) is 2. The summed E-state index contributed by atoms with van der Waals surface area (Å²) in [5.74, 6) is -0.258. The van der Waals surface area contributed by atoms with Crippen molar-refractivity contribution in [3.8, 4) is 5.75 Å². The van der Waals surface area contributed by atoms with Crippen LogP contribution >= 0.6 is 0 Å². The van der Waals surface area contributed by atoms with Crippen LogP contribution in [-0.2, 0) is 11.3 Å². The molecule has 0 fully saturated rings. The zero-order chi connectivity index (χ0) is 21.6. The van der Waals surface area contributed by atoms with Crippen molar-refractivity contribution in [3.05, 3.63) is 42.5 Å². The largest absolute Gasteiger partial charge is 0.573 e. The van der Waals surface area contributed by atoms with Gasteiger partial charge in [-0.15, -0.1) is 13.2 Å². The zero-order valence-electron chi connectivity index (χ0n) is 16.2. The summed E-state index contributed by atoms with van der Waals surface area (Å²) >= 11 is 0. The lowest BCUT2D eigenvalue weighted by molar-refractivity contribution is -0.274. The third kappa shape index (κ3) is 5.77. The molecule has 0 radical (unpaired) electrons. The van der Waals surface area contributed by atoms with Gasteiger partial charge in [0.2, 0.25) is 11.9 Å². The Balaban J connectivity index is 0.00000145. The maximum absolute atomic E-state index is 12.4. The highest BCUT2D eigenvalue weighted by Crippen LogP contribution is 2.25. The summed E-state index contributed by atoms with van der Waals surface area (Å²) in [6, 6.07) is 10.1. The monoisotopic (exact) mass is 409 g/mol. The smallest absolute Gasteiger partial charge is 0.406 e. The van der Waals surface area contributed by atoms with Crippen molar-refractivity contribution in [2.45, 2.75) is 26.8 Å². The molecule has 0 atom stereocenters. The second-order valence-corrected chi connectivity index (χ2v) is 5.64. The molecule has 0 bridgehead atoms. The normalized spacial score (nSPS) is 10.8. The minimum absolute atomic E-state index is 0.0586. The van der Waals surface area contributed by atoms with Gasteiger partial charge in [-0.05, 0) is 42.5 Å². The van der Waals surface area contributed by atoms with Crippen LogP contribution < -0.4 is 21.1 Å². The third-order valence-electron chi connectivity index (χ3n) is 3.67. The first-order chi connectivity index (χ1) is 13.7. The Bertz CT molecular complexity index is 968. The first-order valence-electron chi connectivity index (χ1n) is 8.84. The predicted octanol–water partition coefficient (Wildman–Crippen LogP) is 4.22. The number of hydrogen-bond donors (Lipinski definition) is 3. The van der Waals surface area contributed by atoms with Crippen molar-refractivity contribution in [1.29, 1.82) is 0 Å². The Labute approximate surface area is 165 Å². The van der Waals surface area contributed by atoms with Crippen LogP contribution in [0, 0.1) is 0 Å². The van der Waals surface area contributed by atoms with Crippen LogP contribution in [0.3, 0.4) is 0 Å². The van der Waals surface area contributed by atoms with Gasteiger partial charge in [0, 0.05) is 18.4 Å². The number of amides is 1. The van der Waals surface area contributed by atoms with Gasteiger partial charge in [-0.1, -0.05) is 13.8 Å². The van der Waals surface area contributed by atoms with E-state index in [-0.39, 0.29) is 18.2 Å². The Morgan fingerprint density at radius 2 is 1.83 bits per heavy atom. The second kappa shape index (κ2) is 9.18. The lowest BCUT2D eigenvalue weighted by Crippen LogP contribution is -2.20. The van der Waals surface area contributed by atoms with Crippen LogP contribution in [0.2, 0.25) is 0 Å². The average molecular weight is 409 g/mol. The summed E-state index contributed by atoms with van der Waals surface area (Å²) in [5, 5.41) is 5.53. The van der Waals surface area contributed by atoms with Crippen LogP contribution in [0.1, 0.15) is 13.8 Å². The number of nitrogen functional groups attached to an aromatic ring is 1. The van der Waals surface area contributed by atoms with E-state index in [1.54, 1.807) is 29.8 Å². The molecule has 3 aromatic rings. The highest BCUT2D eigenvalue weighted by molar-refractivity contribution is 5.92. The zero-order valence-corrected chi connectivity index (χ0v) is 16.2. The maximum atomic E-state index is 12.4. The number of rotatable bonds is 5. The summed E-state index contributed by atoms with van der Waals surface area (Å²) in [4.78, 5) is 16.7. The van der Waals surface area contributed by atoms with Gasteiger partial charge in [0.25, 0.3) is 0 Å². The fraction of sp³-hybridized carbons (Fsp3) is 0.263. The van der Waals surface area contributed by atoms with Crippen molar-refractivity contribution < 1.29 is 22.7 Å². The molecule has 0 aliphatic rings. The molecular weight excluding hydrogens is 387 g/mol. The molecule has 3 rings (SSSR count). The number of aromatic nitrogens is 2. The van der Waals surface area contributed by atoms with E-state index in [4.69, 9.17) is 5.73 Å². The highest BCUT2D eigenvalue weighted by Gasteiger charge is 2.30. The standard InChI is InChI=1S/C17H16F3N5O2.C2H6/c1-22-16-24-13-7-2-10(21)8-14(13)25(16)9-15(26)23-11-3-5-12(6-4-11)27-17(18,19)20;1-2/h2-8H,9,21H2,1H3,(H,22,24)(H,23,26);1-2H3. The minimum Gasteiger partial charge on any atom is -0.406 e. The van der Waals surface area contributed by atoms with E-state index < -0.39 is 6.36 Å². The topological polar surface area (TPSA) is 94.2 Å². The Hall–Kier alpha value is -3.43. The number of imidazole rings is 1. The number of carbonyl (C=O) groups is 1. The summed E-state index contributed by atoms with van der Waals surface area (Å²) in [7, 11) is 1.68. The summed E-state index contributed by atoms with van der Waals surface area (Å²) in [5.41, 5.74) is 8.03. The molecule has 1 heterocycles. The molecule has 2 aromatic carbocycles. The van der Waals surface area contributed by atoms with Gasteiger partial charge in [0.15, 0.2) is 0 Å². The van der Waals surface area contributed by atoms with Gasteiger partial charge in [0.05, 0.1) is 11.0 Å². The van der Waals surface area contributed by atoms with Gasteiger partial charge in [-0.3, -0.25) is 4.79 Å². The molecule has 0 aliphatic carbocycles. The molecule has 1 amide bonds. The number of halogens is 3. The summed E-state index contributed by atoms with van der Waals surface area (Å²) < 4.78 is 42.0. The van der Waals surface area contributed by atoms with Crippen LogP contribution in [0.5, 0.6) is 5.75 Å². The number of carbonyl (C=O) groups excluding carboxylic acids is 1.